The van der Waals surface area contributed by atoms with E-state index in [4.69, 9.17) is 17.3 Å². The van der Waals surface area contributed by atoms with Gasteiger partial charge in [-0.15, -0.1) is 0 Å². The molecule has 2 atom stereocenters. The lowest BCUT2D eigenvalue weighted by atomic mass is 9.84. The first-order valence-corrected chi connectivity index (χ1v) is 9.37. The first-order valence-electron chi connectivity index (χ1n) is 8.99. The maximum Gasteiger partial charge on any atom is 0.151 e. The quantitative estimate of drug-likeness (QED) is 0.859. The fourth-order valence-corrected chi connectivity index (χ4v) is 3.98. The molecule has 1 aromatic heterocycles. The van der Waals surface area contributed by atoms with Crippen molar-refractivity contribution in [2.75, 3.05) is 11.9 Å². The molecule has 0 unspecified atom stereocenters. The zero-order valence-electron chi connectivity index (χ0n) is 14.4. The van der Waals surface area contributed by atoms with Gasteiger partial charge in [0, 0.05) is 11.6 Å². The zero-order valence-corrected chi connectivity index (χ0v) is 15.1. The minimum absolute atomic E-state index is 0.0787. The molecular formula is C19H21ClFN5. The van der Waals surface area contributed by atoms with Gasteiger partial charge in [-0.3, -0.25) is 4.99 Å². The van der Waals surface area contributed by atoms with Crippen molar-refractivity contribution in [3.05, 3.63) is 52.2 Å². The van der Waals surface area contributed by atoms with Gasteiger partial charge >= 0.3 is 0 Å². The normalized spacial score (nSPS) is 22.0. The van der Waals surface area contributed by atoms with Gasteiger partial charge < -0.3 is 11.1 Å². The summed E-state index contributed by atoms with van der Waals surface area (Å²) < 4.78 is 14.3. The first-order chi connectivity index (χ1) is 12.7. The van der Waals surface area contributed by atoms with Crippen LogP contribution in [0.5, 0.6) is 0 Å². The number of nitrogens with zero attached hydrogens (tertiary/aromatic N) is 3. The number of halogens is 2. The van der Waals surface area contributed by atoms with Crippen LogP contribution in [0.4, 0.5) is 10.2 Å². The summed E-state index contributed by atoms with van der Waals surface area (Å²) in [6.07, 6.45) is 6.38. The Balaban J connectivity index is 1.57. The summed E-state index contributed by atoms with van der Waals surface area (Å²) in [5.74, 6) is 0.723. The van der Waals surface area contributed by atoms with E-state index < -0.39 is 5.82 Å². The van der Waals surface area contributed by atoms with E-state index in [-0.39, 0.29) is 5.02 Å². The van der Waals surface area contributed by atoms with Crippen LogP contribution in [0.15, 0.2) is 29.4 Å². The molecule has 3 N–H and O–H groups in total. The molecule has 136 valence electrons. The van der Waals surface area contributed by atoms with Gasteiger partial charge in [-0.25, -0.2) is 14.4 Å². The molecule has 0 saturated heterocycles. The van der Waals surface area contributed by atoms with Crippen LogP contribution in [0.1, 0.15) is 42.6 Å². The summed E-state index contributed by atoms with van der Waals surface area (Å²) >= 11 is 5.89. The van der Waals surface area contributed by atoms with Crippen LogP contribution in [-0.4, -0.2) is 28.3 Å². The highest BCUT2D eigenvalue weighted by atomic mass is 35.5. The average Bonchev–Trinajstić information content (AvgIpc) is 3.07. The summed E-state index contributed by atoms with van der Waals surface area (Å²) in [5, 5.41) is 3.57. The molecule has 2 aromatic rings. The van der Waals surface area contributed by atoms with Crippen molar-refractivity contribution in [2.45, 2.75) is 38.3 Å². The minimum Gasteiger partial charge on any atom is -0.366 e. The molecule has 1 aromatic carbocycles. The van der Waals surface area contributed by atoms with Crippen LogP contribution in [-0.2, 0) is 6.54 Å². The fourth-order valence-electron chi connectivity index (χ4n) is 3.80. The molecule has 0 spiro atoms. The second-order valence-corrected chi connectivity index (χ2v) is 7.26. The number of anilines is 1. The van der Waals surface area contributed by atoms with Crippen LogP contribution in [0, 0.1) is 11.7 Å². The van der Waals surface area contributed by atoms with Crippen molar-refractivity contribution in [3.63, 3.8) is 0 Å². The first kappa shape index (κ1) is 17.4. The predicted molar refractivity (Wildman–Crippen MR) is 101 cm³/mol. The number of fused-ring (bicyclic) bond motifs is 1. The van der Waals surface area contributed by atoms with Gasteiger partial charge in [0.1, 0.15) is 11.5 Å². The molecule has 1 aliphatic heterocycles. The van der Waals surface area contributed by atoms with E-state index in [1.807, 2.05) is 0 Å². The predicted octanol–water partition coefficient (Wildman–Crippen LogP) is 3.55. The van der Waals surface area contributed by atoms with Gasteiger partial charge in [-0.1, -0.05) is 30.5 Å². The highest BCUT2D eigenvalue weighted by Crippen LogP contribution is 2.28. The van der Waals surface area contributed by atoms with E-state index >= 15 is 0 Å². The Morgan fingerprint density at radius 3 is 2.96 bits per heavy atom. The third-order valence-electron chi connectivity index (χ3n) is 5.21. The van der Waals surface area contributed by atoms with Gasteiger partial charge in [0.25, 0.3) is 0 Å². The molecule has 2 aliphatic rings. The highest BCUT2D eigenvalue weighted by molar-refractivity contribution is 6.31. The Kier molecular flexibility index (Phi) is 4.87. The van der Waals surface area contributed by atoms with Crippen molar-refractivity contribution in [2.24, 2.45) is 16.6 Å². The SMILES string of the molecule is NC[C@H]1CCCC[C@H]1Nc1cnc2c(n1)CN=C2c1cccc(Cl)c1F. The van der Waals surface area contributed by atoms with Gasteiger partial charge in [0.2, 0.25) is 0 Å². The summed E-state index contributed by atoms with van der Waals surface area (Å²) in [7, 11) is 0. The van der Waals surface area contributed by atoms with E-state index in [2.05, 4.69) is 20.3 Å². The van der Waals surface area contributed by atoms with Crippen LogP contribution < -0.4 is 11.1 Å². The number of aliphatic imine (C=N–C) groups is 1. The van der Waals surface area contributed by atoms with Crippen molar-refractivity contribution in [1.29, 1.82) is 0 Å². The standard InChI is InChI=1S/C19H21ClFN5/c20-13-6-3-5-12(17(13)21)18-19-15(9-23-18)26-16(10-24-19)25-14-7-2-1-4-11(14)8-22/h3,5-6,10-11,14H,1-2,4,7-9,22H2,(H,25,26)/t11-,14-/m1/s1. The summed E-state index contributed by atoms with van der Waals surface area (Å²) in [5.41, 5.74) is 8.15. The molecule has 1 fully saturated rings. The minimum atomic E-state index is -0.474. The molecule has 7 heteroatoms. The van der Waals surface area contributed by atoms with E-state index in [0.717, 1.165) is 24.4 Å². The van der Waals surface area contributed by atoms with Crippen LogP contribution in [0.3, 0.4) is 0 Å². The lowest BCUT2D eigenvalue weighted by Crippen LogP contribution is -2.37. The molecular weight excluding hydrogens is 353 g/mol. The number of rotatable bonds is 4. The maximum atomic E-state index is 14.3. The van der Waals surface area contributed by atoms with Gasteiger partial charge in [-0.05, 0) is 37.4 Å². The third-order valence-corrected chi connectivity index (χ3v) is 5.50. The average molecular weight is 374 g/mol. The summed E-state index contributed by atoms with van der Waals surface area (Å²) in [6.45, 7) is 1.07. The van der Waals surface area contributed by atoms with E-state index in [0.29, 0.717) is 42.0 Å². The summed E-state index contributed by atoms with van der Waals surface area (Å²) in [4.78, 5) is 13.6. The smallest absolute Gasteiger partial charge is 0.151 e. The monoisotopic (exact) mass is 373 g/mol. The molecule has 26 heavy (non-hydrogen) atoms. The maximum absolute atomic E-state index is 14.3. The largest absolute Gasteiger partial charge is 0.366 e. The van der Waals surface area contributed by atoms with Crippen LogP contribution >= 0.6 is 11.6 Å². The molecule has 0 amide bonds. The van der Waals surface area contributed by atoms with Crippen molar-refractivity contribution in [1.82, 2.24) is 9.97 Å². The molecule has 0 radical (unpaired) electrons. The molecule has 0 bridgehead atoms. The number of benzene rings is 1. The van der Waals surface area contributed by atoms with Gasteiger partial charge in [0.05, 0.1) is 29.2 Å². The molecule has 2 heterocycles. The Morgan fingerprint density at radius 1 is 1.27 bits per heavy atom. The summed E-state index contributed by atoms with van der Waals surface area (Å²) in [6, 6.07) is 5.22. The number of nitrogens with two attached hydrogens (primary N) is 1. The number of nitrogens with one attached hydrogen (secondary N) is 1. The van der Waals surface area contributed by atoms with Crippen molar-refractivity contribution < 1.29 is 4.39 Å². The van der Waals surface area contributed by atoms with Crippen LogP contribution in [0.25, 0.3) is 0 Å². The Labute approximate surface area is 156 Å². The highest BCUT2D eigenvalue weighted by Gasteiger charge is 2.27. The number of hydrogen-bond donors (Lipinski definition) is 2. The lowest BCUT2D eigenvalue weighted by molar-refractivity contribution is 0.332. The Bertz CT molecular complexity index is 854. The van der Waals surface area contributed by atoms with E-state index in [1.54, 1.807) is 18.3 Å². The van der Waals surface area contributed by atoms with Gasteiger partial charge in [-0.2, -0.15) is 0 Å². The number of hydrogen-bond acceptors (Lipinski definition) is 5. The molecule has 1 saturated carbocycles. The van der Waals surface area contributed by atoms with Crippen molar-refractivity contribution >= 4 is 23.1 Å². The van der Waals surface area contributed by atoms with E-state index in [9.17, 15) is 4.39 Å². The lowest BCUT2D eigenvalue weighted by Gasteiger charge is -2.31. The van der Waals surface area contributed by atoms with Crippen molar-refractivity contribution in [3.8, 4) is 0 Å². The Morgan fingerprint density at radius 2 is 2.12 bits per heavy atom. The van der Waals surface area contributed by atoms with Gasteiger partial charge in [0.15, 0.2) is 5.82 Å². The molecule has 4 rings (SSSR count). The Hall–Kier alpha value is -2.05. The third kappa shape index (κ3) is 3.19. The number of aromatic nitrogens is 2. The second-order valence-electron chi connectivity index (χ2n) is 6.85. The fraction of sp³-hybridized carbons (Fsp3) is 0.421. The van der Waals surface area contributed by atoms with Crippen LogP contribution in [0.2, 0.25) is 5.02 Å². The molecule has 5 nitrogen and oxygen atoms in total. The zero-order chi connectivity index (χ0) is 18.1. The topological polar surface area (TPSA) is 76.2 Å². The van der Waals surface area contributed by atoms with E-state index in [1.165, 1.54) is 18.9 Å². The molecule has 1 aliphatic carbocycles. The second kappa shape index (κ2) is 7.29.